The summed E-state index contributed by atoms with van der Waals surface area (Å²) in [4.78, 5) is 25.4. The fraction of sp³-hybridized carbons (Fsp3) is 0.143. The predicted octanol–water partition coefficient (Wildman–Crippen LogP) is 2.71. The minimum Gasteiger partial charge on any atom is -0.478 e. The van der Waals surface area contributed by atoms with Gasteiger partial charge in [-0.1, -0.05) is 0 Å². The summed E-state index contributed by atoms with van der Waals surface area (Å²) in [5.41, 5.74) is 0. The van der Waals surface area contributed by atoms with E-state index in [2.05, 4.69) is 0 Å². The Morgan fingerprint density at radius 1 is 1.40 bits per heavy atom. The molecule has 0 aliphatic heterocycles. The monoisotopic (exact) mass is 291 g/mol. The second kappa shape index (κ2) is 6.21. The Morgan fingerprint density at radius 3 is 2.85 bits per heavy atom. The minimum atomic E-state index is -1.01. The van der Waals surface area contributed by atoms with E-state index in [-0.39, 0.29) is 5.91 Å². The summed E-state index contributed by atoms with van der Waals surface area (Å²) in [5.74, 6) is -0.425. The minimum absolute atomic E-state index is 0.124. The average molecular weight is 291 g/mol. The van der Waals surface area contributed by atoms with E-state index in [9.17, 15) is 9.59 Å². The molecule has 2 heterocycles. The fourth-order valence-corrected chi connectivity index (χ4v) is 2.51. The summed E-state index contributed by atoms with van der Waals surface area (Å²) < 4.78 is 5.19. The van der Waals surface area contributed by atoms with E-state index < -0.39 is 5.97 Å². The van der Waals surface area contributed by atoms with E-state index in [0.717, 1.165) is 11.0 Å². The number of hydrogen-bond acceptors (Lipinski definition) is 4. The lowest BCUT2D eigenvalue weighted by molar-refractivity contribution is -0.131. The molecular formula is C14H13NO4S. The molecule has 0 aromatic carbocycles. The van der Waals surface area contributed by atoms with Crippen LogP contribution in [0.5, 0.6) is 0 Å². The van der Waals surface area contributed by atoms with Crippen molar-refractivity contribution in [3.8, 4) is 0 Å². The standard InChI is InChI=1S/C14H13NO4S/c1-15(9-10-3-2-8-19-10)14(18)12-6-4-11(20-12)5-7-13(16)17/h2-8H,9H2,1H3,(H,16,17). The molecule has 0 bridgehead atoms. The van der Waals surface area contributed by atoms with Crippen molar-refractivity contribution >= 4 is 29.3 Å². The molecule has 0 aliphatic carbocycles. The van der Waals surface area contributed by atoms with Crippen LogP contribution >= 0.6 is 11.3 Å². The van der Waals surface area contributed by atoms with Crippen molar-refractivity contribution in [2.24, 2.45) is 0 Å². The Morgan fingerprint density at radius 2 is 2.20 bits per heavy atom. The van der Waals surface area contributed by atoms with E-state index in [1.807, 2.05) is 0 Å². The van der Waals surface area contributed by atoms with Crippen LogP contribution in [-0.2, 0) is 11.3 Å². The summed E-state index contributed by atoms with van der Waals surface area (Å²) in [7, 11) is 1.69. The summed E-state index contributed by atoms with van der Waals surface area (Å²) in [6.45, 7) is 0.393. The zero-order valence-electron chi connectivity index (χ0n) is 10.8. The van der Waals surface area contributed by atoms with Gasteiger partial charge < -0.3 is 14.4 Å². The second-order valence-electron chi connectivity index (χ2n) is 4.11. The Kier molecular flexibility index (Phi) is 4.37. The molecule has 6 heteroatoms. The van der Waals surface area contributed by atoms with Crippen molar-refractivity contribution in [2.75, 3.05) is 7.05 Å². The normalized spacial score (nSPS) is 10.8. The number of aliphatic carboxylic acids is 1. The molecule has 1 N–H and O–H groups in total. The molecule has 2 aromatic rings. The first-order valence-electron chi connectivity index (χ1n) is 5.85. The number of amides is 1. The Balaban J connectivity index is 2.03. The third-order valence-electron chi connectivity index (χ3n) is 2.55. The van der Waals surface area contributed by atoms with Crippen LogP contribution in [0.4, 0.5) is 0 Å². The van der Waals surface area contributed by atoms with Crippen molar-refractivity contribution < 1.29 is 19.1 Å². The van der Waals surface area contributed by atoms with Gasteiger partial charge >= 0.3 is 5.97 Å². The first-order valence-corrected chi connectivity index (χ1v) is 6.66. The average Bonchev–Trinajstić information content (AvgIpc) is 3.06. The smallest absolute Gasteiger partial charge is 0.328 e. The van der Waals surface area contributed by atoms with Crippen LogP contribution in [0.3, 0.4) is 0 Å². The number of rotatable bonds is 5. The molecule has 0 atom stereocenters. The number of carbonyl (C=O) groups excluding carboxylic acids is 1. The highest BCUT2D eigenvalue weighted by Crippen LogP contribution is 2.20. The number of carbonyl (C=O) groups is 2. The number of hydrogen-bond donors (Lipinski definition) is 1. The molecule has 2 rings (SSSR count). The van der Waals surface area contributed by atoms with E-state index >= 15 is 0 Å². The Bertz CT molecular complexity index is 627. The van der Waals surface area contributed by atoms with Crippen molar-refractivity contribution in [1.82, 2.24) is 4.90 Å². The molecule has 5 nitrogen and oxygen atoms in total. The number of furan rings is 1. The second-order valence-corrected chi connectivity index (χ2v) is 5.23. The Labute approximate surface area is 119 Å². The molecule has 0 unspecified atom stereocenters. The third kappa shape index (κ3) is 3.58. The van der Waals surface area contributed by atoms with E-state index in [0.29, 0.717) is 17.2 Å². The first kappa shape index (κ1) is 14.1. The lowest BCUT2D eigenvalue weighted by Crippen LogP contribution is -2.25. The van der Waals surface area contributed by atoms with Crippen LogP contribution in [0.15, 0.2) is 41.0 Å². The van der Waals surface area contributed by atoms with Crippen molar-refractivity contribution in [2.45, 2.75) is 6.54 Å². The van der Waals surface area contributed by atoms with Gasteiger partial charge in [0.05, 0.1) is 17.7 Å². The van der Waals surface area contributed by atoms with Crippen LogP contribution in [0.2, 0.25) is 0 Å². The van der Waals surface area contributed by atoms with Gasteiger partial charge in [-0.05, 0) is 30.3 Å². The zero-order valence-corrected chi connectivity index (χ0v) is 11.6. The summed E-state index contributed by atoms with van der Waals surface area (Å²) >= 11 is 1.25. The maximum Gasteiger partial charge on any atom is 0.328 e. The van der Waals surface area contributed by atoms with Gasteiger partial charge in [0.1, 0.15) is 5.76 Å². The Hall–Kier alpha value is -2.34. The highest BCUT2D eigenvalue weighted by atomic mass is 32.1. The molecule has 0 saturated heterocycles. The maximum absolute atomic E-state index is 12.2. The lowest BCUT2D eigenvalue weighted by Gasteiger charge is -2.14. The summed E-state index contributed by atoms with van der Waals surface area (Å²) in [5, 5.41) is 8.55. The predicted molar refractivity (Wildman–Crippen MR) is 75.5 cm³/mol. The lowest BCUT2D eigenvalue weighted by atomic mass is 10.3. The van der Waals surface area contributed by atoms with E-state index in [1.54, 1.807) is 42.5 Å². The molecule has 0 saturated carbocycles. The number of carboxylic acid groups (broad SMARTS) is 1. The van der Waals surface area contributed by atoms with Gasteiger partial charge in [0.15, 0.2) is 0 Å². The van der Waals surface area contributed by atoms with Gasteiger partial charge in [0.2, 0.25) is 0 Å². The van der Waals surface area contributed by atoms with Crippen LogP contribution in [-0.4, -0.2) is 28.9 Å². The number of nitrogens with zero attached hydrogens (tertiary/aromatic N) is 1. The van der Waals surface area contributed by atoms with Gasteiger partial charge in [-0.25, -0.2) is 4.79 Å². The quantitative estimate of drug-likeness (QED) is 0.860. The van der Waals surface area contributed by atoms with Gasteiger partial charge in [-0.15, -0.1) is 11.3 Å². The molecule has 1 amide bonds. The SMILES string of the molecule is CN(Cc1ccco1)C(=O)c1ccc(C=CC(=O)O)s1. The number of thiophene rings is 1. The summed E-state index contributed by atoms with van der Waals surface area (Å²) in [6.07, 6.45) is 4.08. The van der Waals surface area contributed by atoms with Crippen LogP contribution in [0.25, 0.3) is 6.08 Å². The van der Waals surface area contributed by atoms with Crippen LogP contribution < -0.4 is 0 Å². The molecule has 0 aliphatic rings. The molecule has 104 valence electrons. The molecule has 2 aromatic heterocycles. The third-order valence-corrected chi connectivity index (χ3v) is 3.59. The zero-order chi connectivity index (χ0) is 14.5. The van der Waals surface area contributed by atoms with Crippen molar-refractivity contribution in [1.29, 1.82) is 0 Å². The molecule has 0 fully saturated rings. The molecule has 0 spiro atoms. The van der Waals surface area contributed by atoms with Gasteiger partial charge in [-0.3, -0.25) is 4.79 Å². The fourth-order valence-electron chi connectivity index (χ4n) is 1.61. The van der Waals surface area contributed by atoms with Gasteiger partial charge in [0.25, 0.3) is 5.91 Å². The van der Waals surface area contributed by atoms with E-state index in [4.69, 9.17) is 9.52 Å². The molecule has 20 heavy (non-hydrogen) atoms. The molecule has 0 radical (unpaired) electrons. The largest absolute Gasteiger partial charge is 0.478 e. The van der Waals surface area contributed by atoms with Crippen LogP contribution in [0.1, 0.15) is 20.3 Å². The number of carboxylic acids is 1. The van der Waals surface area contributed by atoms with Gasteiger partial charge in [0, 0.05) is 18.0 Å². The maximum atomic E-state index is 12.2. The topological polar surface area (TPSA) is 70.8 Å². The van der Waals surface area contributed by atoms with Crippen molar-refractivity contribution in [3.63, 3.8) is 0 Å². The van der Waals surface area contributed by atoms with Crippen LogP contribution in [0, 0.1) is 0 Å². The summed E-state index contributed by atoms with van der Waals surface area (Å²) in [6, 6.07) is 6.98. The van der Waals surface area contributed by atoms with E-state index in [1.165, 1.54) is 17.4 Å². The highest BCUT2D eigenvalue weighted by Gasteiger charge is 2.15. The molecular weight excluding hydrogens is 278 g/mol. The highest BCUT2D eigenvalue weighted by molar-refractivity contribution is 7.14. The van der Waals surface area contributed by atoms with Crippen molar-refractivity contribution in [3.05, 3.63) is 52.1 Å². The van der Waals surface area contributed by atoms with Gasteiger partial charge in [-0.2, -0.15) is 0 Å². The first-order chi connectivity index (χ1) is 9.56.